The van der Waals surface area contributed by atoms with Crippen LogP contribution in [0, 0.1) is 5.92 Å². The molecule has 0 aromatic carbocycles. The van der Waals surface area contributed by atoms with Crippen LogP contribution in [0.15, 0.2) is 5.16 Å². The molecule has 6 nitrogen and oxygen atoms in total. The van der Waals surface area contributed by atoms with Gasteiger partial charge in [-0.1, -0.05) is 25.6 Å². The normalized spacial score (nSPS) is 12.9. The minimum Gasteiger partial charge on any atom is -0.396 e. The molecule has 0 saturated carbocycles. The summed E-state index contributed by atoms with van der Waals surface area (Å²) < 4.78 is 1.80. The number of hydrogen-bond donors (Lipinski definition) is 2. The Kier molecular flexibility index (Phi) is 7.14. The highest BCUT2D eigenvalue weighted by molar-refractivity contribution is 7.99. The molecule has 1 aromatic rings. The molecule has 2 N–H and O–H groups in total. The standard InChI is InChI=1S/C10H21N5OS/c1-3-4-11-5-6-15-10(12-13-14-15)17-8-9(2)7-16/h9,11,16H,3-8H2,1-2H3. The summed E-state index contributed by atoms with van der Waals surface area (Å²) in [4.78, 5) is 0. The average Bonchev–Trinajstić information content (AvgIpc) is 2.79. The molecule has 1 heterocycles. The smallest absolute Gasteiger partial charge is 0.209 e. The van der Waals surface area contributed by atoms with E-state index in [9.17, 15) is 0 Å². The van der Waals surface area contributed by atoms with Gasteiger partial charge in [0.1, 0.15) is 0 Å². The molecule has 0 saturated heterocycles. The topological polar surface area (TPSA) is 75.9 Å². The Morgan fingerprint density at radius 3 is 3.00 bits per heavy atom. The van der Waals surface area contributed by atoms with E-state index in [0.717, 1.165) is 37.0 Å². The van der Waals surface area contributed by atoms with Crippen LogP contribution in [0.1, 0.15) is 20.3 Å². The third-order valence-electron chi connectivity index (χ3n) is 2.23. The monoisotopic (exact) mass is 259 g/mol. The molecule has 17 heavy (non-hydrogen) atoms. The fourth-order valence-corrected chi connectivity index (χ4v) is 2.11. The highest BCUT2D eigenvalue weighted by Gasteiger charge is 2.08. The summed E-state index contributed by atoms with van der Waals surface area (Å²) in [5.74, 6) is 1.10. The van der Waals surface area contributed by atoms with Gasteiger partial charge in [0, 0.05) is 18.9 Å². The number of tetrazole rings is 1. The third-order valence-corrected chi connectivity index (χ3v) is 3.52. The van der Waals surface area contributed by atoms with Gasteiger partial charge in [-0.2, -0.15) is 0 Å². The van der Waals surface area contributed by atoms with Gasteiger partial charge in [-0.25, -0.2) is 4.68 Å². The molecule has 1 unspecified atom stereocenters. The molecule has 98 valence electrons. The van der Waals surface area contributed by atoms with Gasteiger partial charge in [0.2, 0.25) is 5.16 Å². The zero-order chi connectivity index (χ0) is 12.5. The minimum atomic E-state index is 0.201. The number of rotatable bonds is 9. The number of hydrogen-bond acceptors (Lipinski definition) is 6. The first-order valence-electron chi connectivity index (χ1n) is 5.98. The van der Waals surface area contributed by atoms with Crippen molar-refractivity contribution in [2.75, 3.05) is 25.4 Å². The first-order chi connectivity index (χ1) is 8.27. The van der Waals surface area contributed by atoms with Crippen molar-refractivity contribution in [3.63, 3.8) is 0 Å². The average molecular weight is 259 g/mol. The van der Waals surface area contributed by atoms with Crippen molar-refractivity contribution in [3.8, 4) is 0 Å². The van der Waals surface area contributed by atoms with Crippen LogP contribution in [0.4, 0.5) is 0 Å². The highest BCUT2D eigenvalue weighted by atomic mass is 32.2. The molecule has 1 aromatic heterocycles. The fraction of sp³-hybridized carbons (Fsp3) is 0.900. The molecular formula is C10H21N5OS. The van der Waals surface area contributed by atoms with Gasteiger partial charge in [0.15, 0.2) is 0 Å². The maximum atomic E-state index is 8.95. The number of aliphatic hydroxyl groups excluding tert-OH is 1. The third kappa shape index (κ3) is 5.47. The maximum Gasteiger partial charge on any atom is 0.209 e. The van der Waals surface area contributed by atoms with Gasteiger partial charge < -0.3 is 10.4 Å². The predicted octanol–water partition coefficient (Wildman–Crippen LogP) is 0.393. The Morgan fingerprint density at radius 2 is 2.29 bits per heavy atom. The minimum absolute atomic E-state index is 0.201. The largest absolute Gasteiger partial charge is 0.396 e. The van der Waals surface area contributed by atoms with Gasteiger partial charge in [0.25, 0.3) is 0 Å². The van der Waals surface area contributed by atoms with Crippen LogP contribution in [-0.2, 0) is 6.54 Å². The van der Waals surface area contributed by atoms with Crippen molar-refractivity contribution in [3.05, 3.63) is 0 Å². The van der Waals surface area contributed by atoms with E-state index in [2.05, 4.69) is 27.8 Å². The SMILES string of the molecule is CCCNCCn1nnnc1SCC(C)CO. The van der Waals surface area contributed by atoms with Gasteiger partial charge in [-0.3, -0.25) is 0 Å². The first-order valence-corrected chi connectivity index (χ1v) is 6.97. The van der Waals surface area contributed by atoms with Crippen molar-refractivity contribution < 1.29 is 5.11 Å². The van der Waals surface area contributed by atoms with Crippen LogP contribution in [0.5, 0.6) is 0 Å². The molecule has 0 aliphatic rings. The molecule has 0 aliphatic carbocycles. The highest BCUT2D eigenvalue weighted by Crippen LogP contribution is 2.16. The van der Waals surface area contributed by atoms with Crippen molar-refractivity contribution in [2.24, 2.45) is 5.92 Å². The second-order valence-electron chi connectivity index (χ2n) is 4.03. The second kappa shape index (κ2) is 8.43. The maximum absolute atomic E-state index is 8.95. The van der Waals surface area contributed by atoms with Crippen LogP contribution < -0.4 is 5.32 Å². The van der Waals surface area contributed by atoms with Gasteiger partial charge in [0.05, 0.1) is 6.54 Å². The lowest BCUT2D eigenvalue weighted by Crippen LogP contribution is -2.21. The molecule has 1 rings (SSSR count). The molecule has 0 spiro atoms. The lowest BCUT2D eigenvalue weighted by atomic mass is 10.2. The molecule has 0 amide bonds. The number of nitrogens with one attached hydrogen (secondary N) is 1. The lowest BCUT2D eigenvalue weighted by molar-refractivity contribution is 0.250. The van der Waals surface area contributed by atoms with Crippen LogP contribution in [0.3, 0.4) is 0 Å². The van der Waals surface area contributed by atoms with E-state index in [1.54, 1.807) is 16.4 Å². The molecule has 7 heteroatoms. The summed E-state index contributed by atoms with van der Waals surface area (Å²) in [6.45, 7) is 7.02. The molecule has 1 atom stereocenters. The van der Waals surface area contributed by atoms with Crippen molar-refractivity contribution in [2.45, 2.75) is 32.0 Å². The van der Waals surface area contributed by atoms with Crippen LogP contribution in [0.25, 0.3) is 0 Å². The number of aromatic nitrogens is 4. The summed E-state index contributed by atoms with van der Waals surface area (Å²) >= 11 is 1.59. The van der Waals surface area contributed by atoms with Crippen LogP contribution in [0.2, 0.25) is 0 Å². The second-order valence-corrected chi connectivity index (χ2v) is 5.02. The number of nitrogens with zero attached hydrogens (tertiary/aromatic N) is 4. The van der Waals surface area contributed by atoms with Crippen molar-refractivity contribution >= 4 is 11.8 Å². The zero-order valence-electron chi connectivity index (χ0n) is 10.5. The van der Waals surface area contributed by atoms with E-state index in [1.807, 2.05) is 6.92 Å². The Hall–Kier alpha value is -0.660. The van der Waals surface area contributed by atoms with E-state index in [4.69, 9.17) is 5.11 Å². The van der Waals surface area contributed by atoms with E-state index in [1.165, 1.54) is 0 Å². The van der Waals surface area contributed by atoms with E-state index in [-0.39, 0.29) is 12.5 Å². The van der Waals surface area contributed by atoms with E-state index >= 15 is 0 Å². The zero-order valence-corrected chi connectivity index (χ0v) is 11.3. The van der Waals surface area contributed by atoms with Gasteiger partial charge in [-0.05, 0) is 29.3 Å². The summed E-state index contributed by atoms with van der Waals surface area (Å²) in [5, 5.41) is 24.7. The molecule has 0 aliphatic heterocycles. The predicted molar refractivity (Wildman–Crippen MR) is 68.0 cm³/mol. The summed E-state index contributed by atoms with van der Waals surface area (Å²) in [6, 6.07) is 0. The van der Waals surface area contributed by atoms with Crippen molar-refractivity contribution in [1.82, 2.24) is 25.5 Å². The molecule has 0 fully saturated rings. The van der Waals surface area contributed by atoms with Crippen molar-refractivity contribution in [1.29, 1.82) is 0 Å². The quantitative estimate of drug-likeness (QED) is 0.494. The van der Waals surface area contributed by atoms with Gasteiger partial charge in [-0.15, -0.1) is 5.10 Å². The summed E-state index contributed by atoms with van der Waals surface area (Å²) in [6.07, 6.45) is 1.13. The Labute approximate surface area is 106 Å². The Morgan fingerprint density at radius 1 is 1.47 bits per heavy atom. The summed E-state index contributed by atoms with van der Waals surface area (Å²) in [7, 11) is 0. The summed E-state index contributed by atoms with van der Waals surface area (Å²) in [5.41, 5.74) is 0. The number of thioether (sulfide) groups is 1. The van der Waals surface area contributed by atoms with E-state index < -0.39 is 0 Å². The molecule has 0 bridgehead atoms. The molecular weight excluding hydrogens is 238 g/mol. The first kappa shape index (κ1) is 14.4. The number of aliphatic hydroxyl groups is 1. The fourth-order valence-electron chi connectivity index (χ4n) is 1.20. The van der Waals surface area contributed by atoms with Crippen LogP contribution >= 0.6 is 11.8 Å². The van der Waals surface area contributed by atoms with Crippen LogP contribution in [-0.4, -0.2) is 50.8 Å². The van der Waals surface area contributed by atoms with Gasteiger partial charge >= 0.3 is 0 Å². The van der Waals surface area contributed by atoms with E-state index in [0.29, 0.717) is 0 Å². The Balaban J connectivity index is 2.32. The molecule has 0 radical (unpaired) electrons. The lowest BCUT2D eigenvalue weighted by Gasteiger charge is -2.07. The Bertz CT molecular complexity index is 307.